The van der Waals surface area contributed by atoms with Crippen LogP contribution >= 0.6 is 11.6 Å². The van der Waals surface area contributed by atoms with Gasteiger partial charge in [0.2, 0.25) is 10.9 Å². The summed E-state index contributed by atoms with van der Waals surface area (Å²) in [6.07, 6.45) is 8.31. The zero-order valence-corrected chi connectivity index (χ0v) is 16.0. The van der Waals surface area contributed by atoms with Gasteiger partial charge in [-0.25, -0.2) is 13.4 Å². The standard InChI is InChI=1S/C16H25ClN4O3S/c1-20-11-18-16(14(20)17)25(23,24)21-9-5-6-12(10-21)15(22)19-13-7-3-2-4-8-13/h11-13H,2-10H2,1H3,(H,19,22). The Morgan fingerprint density at radius 2 is 1.96 bits per heavy atom. The van der Waals surface area contributed by atoms with Crippen molar-refractivity contribution in [3.8, 4) is 0 Å². The number of sulfonamides is 1. The molecule has 1 unspecified atom stereocenters. The first-order chi connectivity index (χ1) is 11.9. The summed E-state index contributed by atoms with van der Waals surface area (Å²) >= 11 is 6.06. The Morgan fingerprint density at radius 1 is 1.24 bits per heavy atom. The van der Waals surface area contributed by atoms with E-state index in [0.717, 1.165) is 25.7 Å². The summed E-state index contributed by atoms with van der Waals surface area (Å²) in [4.78, 5) is 16.5. The summed E-state index contributed by atoms with van der Waals surface area (Å²) in [5, 5.41) is 3.07. The summed E-state index contributed by atoms with van der Waals surface area (Å²) in [5.74, 6) is -0.341. The van der Waals surface area contributed by atoms with Crippen LogP contribution in [0.3, 0.4) is 0 Å². The van der Waals surface area contributed by atoms with Crippen LogP contribution in [0.5, 0.6) is 0 Å². The molecule has 3 rings (SSSR count). The van der Waals surface area contributed by atoms with Gasteiger partial charge >= 0.3 is 0 Å². The molecule has 1 aliphatic heterocycles. The number of nitrogens with one attached hydrogen (secondary N) is 1. The number of imidazole rings is 1. The van der Waals surface area contributed by atoms with E-state index in [9.17, 15) is 13.2 Å². The summed E-state index contributed by atoms with van der Waals surface area (Å²) in [5.41, 5.74) is 0. The van der Waals surface area contributed by atoms with Crippen molar-refractivity contribution in [3.05, 3.63) is 11.5 Å². The second-order valence-corrected chi connectivity index (χ2v) is 9.21. The molecular weight excluding hydrogens is 364 g/mol. The lowest BCUT2D eigenvalue weighted by atomic mass is 9.93. The highest BCUT2D eigenvalue weighted by atomic mass is 35.5. The van der Waals surface area contributed by atoms with E-state index in [1.54, 1.807) is 7.05 Å². The molecule has 1 aromatic rings. The highest BCUT2D eigenvalue weighted by Crippen LogP contribution is 2.27. The van der Waals surface area contributed by atoms with Crippen LogP contribution in [0.4, 0.5) is 0 Å². The monoisotopic (exact) mass is 388 g/mol. The Bertz CT molecular complexity index is 728. The number of amides is 1. The number of piperidine rings is 1. The SMILES string of the molecule is Cn1cnc(S(=O)(=O)N2CCCC(C(=O)NC3CCCCC3)C2)c1Cl. The van der Waals surface area contributed by atoms with Gasteiger partial charge < -0.3 is 9.88 Å². The first-order valence-corrected chi connectivity index (χ1v) is 10.7. The van der Waals surface area contributed by atoms with Gasteiger partial charge in [0.15, 0.2) is 0 Å². The molecule has 1 N–H and O–H groups in total. The number of carbonyl (C=O) groups excluding carboxylic acids is 1. The number of hydrogen-bond acceptors (Lipinski definition) is 4. The minimum atomic E-state index is -3.78. The normalized spacial score (nSPS) is 23.5. The molecule has 9 heteroatoms. The third-order valence-electron chi connectivity index (χ3n) is 5.13. The van der Waals surface area contributed by atoms with Crippen molar-refractivity contribution in [2.45, 2.75) is 56.0 Å². The van der Waals surface area contributed by atoms with Crippen molar-refractivity contribution in [3.63, 3.8) is 0 Å². The van der Waals surface area contributed by atoms with Gasteiger partial charge in [0.05, 0.1) is 12.2 Å². The fourth-order valence-corrected chi connectivity index (χ4v) is 5.54. The molecule has 7 nitrogen and oxygen atoms in total. The van der Waals surface area contributed by atoms with Gasteiger partial charge in [-0.3, -0.25) is 4.79 Å². The molecule has 0 spiro atoms. The number of rotatable bonds is 4. The number of hydrogen-bond donors (Lipinski definition) is 1. The zero-order chi connectivity index (χ0) is 18.0. The smallest absolute Gasteiger partial charge is 0.263 e. The van der Waals surface area contributed by atoms with Crippen LogP contribution in [0.1, 0.15) is 44.9 Å². The maximum Gasteiger partial charge on any atom is 0.263 e. The van der Waals surface area contributed by atoms with Crippen LogP contribution < -0.4 is 5.32 Å². The van der Waals surface area contributed by atoms with Crippen molar-refractivity contribution < 1.29 is 13.2 Å². The first-order valence-electron chi connectivity index (χ1n) is 8.87. The summed E-state index contributed by atoms with van der Waals surface area (Å²) < 4.78 is 28.4. The van der Waals surface area contributed by atoms with E-state index in [-0.39, 0.29) is 34.6 Å². The van der Waals surface area contributed by atoms with Gasteiger partial charge in [-0.15, -0.1) is 0 Å². The third-order valence-corrected chi connectivity index (χ3v) is 7.48. The molecule has 1 aromatic heterocycles. The van der Waals surface area contributed by atoms with E-state index in [4.69, 9.17) is 11.6 Å². The van der Waals surface area contributed by atoms with E-state index < -0.39 is 10.0 Å². The molecule has 0 radical (unpaired) electrons. The van der Waals surface area contributed by atoms with Crippen LogP contribution in [0, 0.1) is 5.92 Å². The zero-order valence-electron chi connectivity index (χ0n) is 14.4. The van der Waals surface area contributed by atoms with E-state index in [0.29, 0.717) is 19.4 Å². The lowest BCUT2D eigenvalue weighted by molar-refractivity contribution is -0.127. The summed E-state index contributed by atoms with van der Waals surface area (Å²) in [7, 11) is -2.14. The van der Waals surface area contributed by atoms with E-state index in [1.165, 1.54) is 21.6 Å². The van der Waals surface area contributed by atoms with Gasteiger partial charge in [-0.05, 0) is 25.7 Å². The highest BCUT2D eigenvalue weighted by molar-refractivity contribution is 7.89. The average Bonchev–Trinajstić information content (AvgIpc) is 2.95. The van der Waals surface area contributed by atoms with Crippen LogP contribution in [0.15, 0.2) is 11.4 Å². The number of carbonyl (C=O) groups is 1. The van der Waals surface area contributed by atoms with E-state index >= 15 is 0 Å². The van der Waals surface area contributed by atoms with Gasteiger partial charge in [0.1, 0.15) is 5.15 Å². The molecule has 1 aliphatic carbocycles. The Kier molecular flexibility index (Phi) is 5.70. The predicted molar refractivity (Wildman–Crippen MR) is 94.7 cm³/mol. The topological polar surface area (TPSA) is 84.3 Å². The van der Waals surface area contributed by atoms with Crippen LogP contribution in [-0.2, 0) is 21.9 Å². The molecule has 0 bridgehead atoms. The fraction of sp³-hybridized carbons (Fsp3) is 0.750. The minimum absolute atomic E-state index is 0.0288. The van der Waals surface area contributed by atoms with Gasteiger partial charge in [-0.1, -0.05) is 30.9 Å². The van der Waals surface area contributed by atoms with Crippen molar-refractivity contribution in [1.29, 1.82) is 0 Å². The van der Waals surface area contributed by atoms with E-state index in [1.807, 2.05) is 0 Å². The summed E-state index contributed by atoms with van der Waals surface area (Å²) in [6, 6.07) is 0.235. The van der Waals surface area contributed by atoms with Crippen molar-refractivity contribution in [2.75, 3.05) is 13.1 Å². The maximum atomic E-state index is 12.8. The minimum Gasteiger partial charge on any atom is -0.353 e. The van der Waals surface area contributed by atoms with E-state index in [2.05, 4.69) is 10.3 Å². The molecule has 2 heterocycles. The first kappa shape index (κ1) is 18.7. The molecular formula is C16H25ClN4O3S. The lowest BCUT2D eigenvalue weighted by Gasteiger charge is -2.32. The lowest BCUT2D eigenvalue weighted by Crippen LogP contribution is -2.47. The number of aryl methyl sites for hydroxylation is 1. The maximum absolute atomic E-state index is 12.8. The van der Waals surface area contributed by atoms with Crippen molar-refractivity contribution >= 4 is 27.5 Å². The molecule has 1 saturated heterocycles. The Balaban J connectivity index is 1.68. The Morgan fingerprint density at radius 3 is 2.60 bits per heavy atom. The Hall–Kier alpha value is -1.12. The van der Waals surface area contributed by atoms with Gasteiger partial charge in [-0.2, -0.15) is 4.31 Å². The fourth-order valence-electron chi connectivity index (χ4n) is 3.63. The van der Waals surface area contributed by atoms with Crippen LogP contribution in [-0.4, -0.2) is 47.3 Å². The summed E-state index contributed by atoms with van der Waals surface area (Å²) in [6.45, 7) is 0.580. The quantitative estimate of drug-likeness (QED) is 0.854. The van der Waals surface area contributed by atoms with Gasteiger partial charge in [0.25, 0.3) is 10.0 Å². The molecule has 1 saturated carbocycles. The molecule has 0 aromatic carbocycles. The Labute approximate surface area is 153 Å². The molecule has 2 fully saturated rings. The second kappa shape index (κ2) is 7.63. The molecule has 25 heavy (non-hydrogen) atoms. The second-order valence-electron chi connectivity index (χ2n) is 7.00. The molecule has 1 amide bonds. The average molecular weight is 389 g/mol. The number of nitrogens with zero attached hydrogens (tertiary/aromatic N) is 3. The van der Waals surface area contributed by atoms with Crippen molar-refractivity contribution in [1.82, 2.24) is 19.2 Å². The molecule has 140 valence electrons. The van der Waals surface area contributed by atoms with Crippen LogP contribution in [0.25, 0.3) is 0 Å². The van der Waals surface area contributed by atoms with Crippen LogP contribution in [0.2, 0.25) is 5.15 Å². The largest absolute Gasteiger partial charge is 0.353 e. The molecule has 2 aliphatic rings. The number of halogens is 1. The van der Waals surface area contributed by atoms with Gasteiger partial charge in [0, 0.05) is 26.2 Å². The third kappa shape index (κ3) is 4.01. The molecule has 1 atom stereocenters. The number of aromatic nitrogens is 2. The predicted octanol–water partition coefficient (Wildman–Crippen LogP) is 1.92. The van der Waals surface area contributed by atoms with Crippen molar-refractivity contribution in [2.24, 2.45) is 13.0 Å². The highest BCUT2D eigenvalue weighted by Gasteiger charge is 2.36.